The topological polar surface area (TPSA) is 27.7 Å². The van der Waals surface area contributed by atoms with Crippen LogP contribution in [-0.4, -0.2) is 7.57 Å². The highest BCUT2D eigenvalue weighted by atomic mass is 31.2. The quantitative estimate of drug-likeness (QED) is 0.501. The predicted octanol–water partition coefficient (Wildman–Crippen LogP) is 4.27. The minimum Gasteiger partial charge on any atom is -0.320 e. The maximum absolute atomic E-state index is 6.19. The molecule has 3 nitrogen and oxygen atoms in total. The van der Waals surface area contributed by atoms with Gasteiger partial charge in [-0.2, -0.15) is 0 Å². The molecular formula is C18H18BO3P. The number of hydrogen-bond acceptors (Lipinski definition) is 3. The average Bonchev–Trinajstić information content (AvgIpc) is 2.57. The molecule has 5 heteroatoms. The summed E-state index contributed by atoms with van der Waals surface area (Å²) in [4.78, 5) is 0. The van der Waals surface area contributed by atoms with E-state index in [1.807, 2.05) is 91.0 Å². The van der Waals surface area contributed by atoms with Crippen molar-refractivity contribution in [2.24, 2.45) is 0 Å². The fraction of sp³-hybridized carbons (Fsp3) is 0. The monoisotopic (exact) mass is 324 g/mol. The van der Waals surface area contributed by atoms with Crippen molar-refractivity contribution in [3.63, 3.8) is 0 Å². The van der Waals surface area contributed by atoms with Gasteiger partial charge in [0.15, 0.2) is 17.2 Å². The first-order valence-corrected chi connectivity index (χ1v) is 7.99. The smallest absolute Gasteiger partial charge is 0.320 e. The van der Waals surface area contributed by atoms with E-state index in [1.165, 1.54) is 0 Å². The molecule has 0 heterocycles. The Morgan fingerprint density at radius 2 is 0.739 bits per heavy atom. The molecule has 0 spiro atoms. The summed E-state index contributed by atoms with van der Waals surface area (Å²) >= 11 is 0. The molecule has 0 radical (unpaired) electrons. The van der Waals surface area contributed by atoms with E-state index in [9.17, 15) is 0 Å². The molecule has 0 aliphatic heterocycles. The molecule has 0 atom stereocenters. The second kappa shape index (κ2) is 7.21. The van der Waals surface area contributed by atoms with E-state index < -0.39 is 7.82 Å². The van der Waals surface area contributed by atoms with Crippen molar-refractivity contribution in [3.05, 3.63) is 91.0 Å². The van der Waals surface area contributed by atoms with Crippen LogP contribution in [-0.2, 0) is 0 Å². The lowest BCUT2D eigenvalue weighted by Gasteiger charge is -2.26. The first-order valence-electron chi connectivity index (χ1n) is 6.89. The van der Waals surface area contributed by atoms with Crippen LogP contribution in [0.15, 0.2) is 91.0 Å². The molecule has 0 aromatic heterocycles. The molecule has 3 aromatic carbocycles. The lowest BCUT2D eigenvalue weighted by molar-refractivity contribution is 0.377. The second-order valence-corrected chi connectivity index (χ2v) is 5.43. The molecule has 116 valence electrons. The van der Waals surface area contributed by atoms with Crippen LogP contribution in [0.1, 0.15) is 0 Å². The summed E-state index contributed by atoms with van der Waals surface area (Å²) in [6, 6.07) is 29.2. The minimum atomic E-state index is -2.39. The summed E-state index contributed by atoms with van der Waals surface area (Å²) in [6.45, 7) is 0. The summed E-state index contributed by atoms with van der Waals surface area (Å²) < 4.78 is 18.6. The third-order valence-electron chi connectivity index (χ3n) is 2.77. The molecule has 0 saturated carbocycles. The van der Waals surface area contributed by atoms with E-state index >= 15 is 0 Å². The molecule has 0 unspecified atom stereocenters. The number of para-hydroxylation sites is 3. The zero-order valence-electron chi connectivity index (χ0n) is 11.8. The molecule has 0 N–H and O–H groups in total. The van der Waals surface area contributed by atoms with E-state index in [0.717, 1.165) is 17.2 Å². The van der Waals surface area contributed by atoms with Gasteiger partial charge in [0.1, 0.15) is 0 Å². The van der Waals surface area contributed by atoms with Crippen LogP contribution in [0.3, 0.4) is 0 Å². The minimum absolute atomic E-state index is 0.378. The van der Waals surface area contributed by atoms with E-state index in [0.29, 0.717) is 0 Å². The summed E-state index contributed by atoms with van der Waals surface area (Å²) in [5.74, 6) is 2.34. The van der Waals surface area contributed by atoms with E-state index in [1.54, 1.807) is 0 Å². The molecule has 0 aliphatic carbocycles. The van der Waals surface area contributed by atoms with Crippen LogP contribution in [0.4, 0.5) is 0 Å². The Balaban J connectivity index is 1.85. The van der Waals surface area contributed by atoms with Crippen molar-refractivity contribution >= 4 is 15.4 Å². The SMILES string of the molecule is [BH3-][P+](Oc1ccccc1)(Oc1ccccc1)Oc1ccccc1. The highest BCUT2D eigenvalue weighted by Gasteiger charge is 2.35. The fourth-order valence-corrected chi connectivity index (χ4v) is 2.75. The van der Waals surface area contributed by atoms with Crippen molar-refractivity contribution in [3.8, 4) is 17.2 Å². The molecule has 23 heavy (non-hydrogen) atoms. The molecule has 0 saturated heterocycles. The lowest BCUT2D eigenvalue weighted by atomic mass is 10.3. The van der Waals surface area contributed by atoms with Crippen LogP contribution in [0.5, 0.6) is 17.2 Å². The Morgan fingerprint density at radius 3 is 1.00 bits per heavy atom. The van der Waals surface area contributed by atoms with Crippen molar-refractivity contribution < 1.29 is 13.6 Å². The van der Waals surface area contributed by atoms with Crippen LogP contribution in [0.25, 0.3) is 0 Å². The van der Waals surface area contributed by atoms with Crippen molar-refractivity contribution in [2.45, 2.75) is 0 Å². The maximum atomic E-state index is 6.19. The number of benzene rings is 3. The summed E-state index contributed by atoms with van der Waals surface area (Å²) in [7, 11) is -2.76. The molecule has 3 aromatic rings. The summed E-state index contributed by atoms with van der Waals surface area (Å²) in [5, 5.41) is 0. The van der Waals surface area contributed by atoms with E-state index in [4.69, 9.17) is 13.6 Å². The van der Waals surface area contributed by atoms with E-state index in [-0.39, 0.29) is 7.57 Å². The van der Waals surface area contributed by atoms with Gasteiger partial charge in [-0.25, -0.2) is 0 Å². The lowest BCUT2D eigenvalue weighted by Crippen LogP contribution is -2.15. The number of hydrogen-bond donors (Lipinski definition) is 0. The van der Waals surface area contributed by atoms with Crippen LogP contribution < -0.4 is 13.6 Å². The van der Waals surface area contributed by atoms with Gasteiger partial charge in [-0.3, -0.25) is 0 Å². The highest BCUT2D eigenvalue weighted by molar-refractivity contribution is 7.86. The van der Waals surface area contributed by atoms with Gasteiger partial charge in [0.2, 0.25) is 0 Å². The Labute approximate surface area is 137 Å². The first kappa shape index (κ1) is 15.5. The van der Waals surface area contributed by atoms with Gasteiger partial charge in [0.05, 0.1) is 0 Å². The van der Waals surface area contributed by atoms with Gasteiger partial charge in [0.25, 0.3) is 7.57 Å². The third-order valence-corrected chi connectivity index (χ3v) is 3.85. The van der Waals surface area contributed by atoms with E-state index in [2.05, 4.69) is 0 Å². The zero-order chi connectivity index (χ0) is 16.0. The van der Waals surface area contributed by atoms with Gasteiger partial charge in [-0.05, 0) is 36.4 Å². The fourth-order valence-electron chi connectivity index (χ4n) is 1.76. The standard InChI is InChI=1S/C18H18BO3P/c19-23(20-16-10-4-1-5-11-16,21-17-12-6-2-7-13-17)22-18-14-8-3-9-15-18/h1-15H,19H3. The first-order chi connectivity index (χ1) is 11.2. The van der Waals surface area contributed by atoms with Gasteiger partial charge in [-0.15, -0.1) is 0 Å². The van der Waals surface area contributed by atoms with Crippen LogP contribution >= 0.6 is 7.82 Å². The highest BCUT2D eigenvalue weighted by Crippen LogP contribution is 2.56. The van der Waals surface area contributed by atoms with Gasteiger partial charge < -0.3 is 13.6 Å². The molecular weight excluding hydrogens is 306 g/mol. The van der Waals surface area contributed by atoms with Gasteiger partial charge >= 0.3 is 7.82 Å². The largest absolute Gasteiger partial charge is 0.351 e. The summed E-state index contributed by atoms with van der Waals surface area (Å²) in [5.41, 5.74) is 0. The maximum Gasteiger partial charge on any atom is 0.351 e. The molecule has 0 fully saturated rings. The zero-order valence-corrected chi connectivity index (χ0v) is 12.7. The van der Waals surface area contributed by atoms with Crippen molar-refractivity contribution in [1.82, 2.24) is 0 Å². The van der Waals surface area contributed by atoms with Crippen LogP contribution in [0, 0.1) is 0 Å². The Hall–Kier alpha value is -2.45. The Kier molecular flexibility index (Phi) is 4.84. The molecule has 3 rings (SSSR count). The van der Waals surface area contributed by atoms with Crippen molar-refractivity contribution in [1.29, 1.82) is 0 Å². The normalized spacial score (nSPS) is 10.8. The predicted molar refractivity (Wildman–Crippen MR) is 98.1 cm³/mol. The van der Waals surface area contributed by atoms with Crippen molar-refractivity contribution in [2.75, 3.05) is 0 Å². The third kappa shape index (κ3) is 4.51. The average molecular weight is 324 g/mol. The molecule has 0 amide bonds. The summed E-state index contributed by atoms with van der Waals surface area (Å²) in [6.07, 6.45) is 0. The second-order valence-electron chi connectivity index (χ2n) is 4.44. The Morgan fingerprint density at radius 1 is 0.478 bits per heavy atom. The van der Waals surface area contributed by atoms with Crippen LogP contribution in [0.2, 0.25) is 0 Å². The molecule has 0 aliphatic rings. The molecule has 0 bridgehead atoms. The number of rotatable bonds is 6. The Bertz CT molecular complexity index is 622. The van der Waals surface area contributed by atoms with Gasteiger partial charge in [-0.1, -0.05) is 54.6 Å². The van der Waals surface area contributed by atoms with Gasteiger partial charge in [0, 0.05) is 0 Å².